The van der Waals surface area contributed by atoms with Gasteiger partial charge in [0.1, 0.15) is 12.4 Å². The number of nitrogens with one attached hydrogen (secondary N) is 1. The molecule has 0 aromatic heterocycles. The van der Waals surface area contributed by atoms with Crippen LogP contribution in [-0.2, 0) is 15.7 Å². The quantitative estimate of drug-likeness (QED) is 0.570. The van der Waals surface area contributed by atoms with Crippen LogP contribution in [0.15, 0.2) is 48.5 Å². The summed E-state index contributed by atoms with van der Waals surface area (Å²) in [5.41, 5.74) is -0.449. The third kappa shape index (κ3) is 5.64. The molecule has 1 N–H and O–H groups in total. The first-order valence-electron chi connectivity index (χ1n) is 7.72. The van der Waals surface area contributed by atoms with Crippen molar-refractivity contribution in [2.24, 2.45) is 0 Å². The Morgan fingerprint density at radius 2 is 1.88 bits per heavy atom. The van der Waals surface area contributed by atoms with Crippen LogP contribution in [0.25, 0.3) is 0 Å². The second-order valence-electron chi connectivity index (χ2n) is 5.35. The number of esters is 1. The summed E-state index contributed by atoms with van der Waals surface area (Å²) in [5, 5.41) is 3.28. The molecule has 0 unspecified atom stereocenters. The molecule has 0 spiro atoms. The summed E-state index contributed by atoms with van der Waals surface area (Å²) in [6.07, 6.45) is -5.73. The highest BCUT2D eigenvalue weighted by Crippen LogP contribution is 2.33. The van der Waals surface area contributed by atoms with E-state index >= 15 is 0 Å². The highest BCUT2D eigenvalue weighted by Gasteiger charge is 2.31. The van der Waals surface area contributed by atoms with E-state index < -0.39 is 23.8 Å². The van der Waals surface area contributed by atoms with E-state index in [-0.39, 0.29) is 12.4 Å². The fourth-order valence-corrected chi connectivity index (χ4v) is 2.23. The monoisotopic (exact) mass is 387 g/mol. The molecule has 2 rings (SSSR count). The summed E-state index contributed by atoms with van der Waals surface area (Å²) in [6.45, 7) is 0.536. The largest absolute Gasteiger partial charge is 0.474 e. The van der Waals surface area contributed by atoms with E-state index in [0.29, 0.717) is 17.1 Å². The van der Waals surface area contributed by atoms with Gasteiger partial charge in [0.05, 0.1) is 5.56 Å². The predicted molar refractivity (Wildman–Crippen MR) is 91.2 cm³/mol. The second kappa shape index (κ2) is 8.91. The second-order valence-corrected chi connectivity index (χ2v) is 5.78. The zero-order valence-electron chi connectivity index (χ0n) is 13.8. The van der Waals surface area contributed by atoms with E-state index in [9.17, 15) is 18.0 Å². The molecule has 140 valence electrons. The number of ether oxygens (including phenoxy) is 2. The van der Waals surface area contributed by atoms with Gasteiger partial charge in [-0.1, -0.05) is 29.8 Å². The molecule has 0 saturated carbocycles. The van der Waals surface area contributed by atoms with Crippen LogP contribution in [-0.4, -0.2) is 26.2 Å². The lowest BCUT2D eigenvalue weighted by atomic mass is 10.1. The molecule has 8 heteroatoms. The van der Waals surface area contributed by atoms with Gasteiger partial charge >= 0.3 is 12.1 Å². The van der Waals surface area contributed by atoms with Gasteiger partial charge in [-0.15, -0.1) is 0 Å². The van der Waals surface area contributed by atoms with Crippen LogP contribution < -0.4 is 10.1 Å². The number of alkyl halides is 3. The van der Waals surface area contributed by atoms with Crippen molar-refractivity contribution >= 4 is 17.6 Å². The van der Waals surface area contributed by atoms with Crippen molar-refractivity contribution in [2.75, 3.05) is 20.2 Å². The van der Waals surface area contributed by atoms with E-state index in [0.717, 1.165) is 12.1 Å². The first-order valence-corrected chi connectivity index (χ1v) is 8.09. The summed E-state index contributed by atoms with van der Waals surface area (Å²) in [7, 11) is 1.70. The van der Waals surface area contributed by atoms with Crippen molar-refractivity contribution in [1.29, 1.82) is 0 Å². The van der Waals surface area contributed by atoms with Crippen LogP contribution >= 0.6 is 11.6 Å². The third-order valence-electron chi connectivity index (χ3n) is 3.40. The molecule has 0 bridgehead atoms. The highest BCUT2D eigenvalue weighted by atomic mass is 35.5. The van der Waals surface area contributed by atoms with Crippen LogP contribution in [0.4, 0.5) is 13.2 Å². The Labute approximate surface area is 153 Å². The summed E-state index contributed by atoms with van der Waals surface area (Å²) in [6, 6.07) is 10.5. The molecule has 0 heterocycles. The summed E-state index contributed by atoms with van der Waals surface area (Å²) in [4.78, 5) is 12.4. The molecular formula is C18H17ClF3NO3. The van der Waals surface area contributed by atoms with Crippen LogP contribution in [0, 0.1) is 0 Å². The van der Waals surface area contributed by atoms with Crippen molar-refractivity contribution in [3.8, 4) is 5.75 Å². The van der Waals surface area contributed by atoms with Gasteiger partial charge in [0.25, 0.3) is 0 Å². The van der Waals surface area contributed by atoms with Crippen LogP contribution in [0.1, 0.15) is 17.2 Å². The lowest BCUT2D eigenvalue weighted by Gasteiger charge is -2.19. The van der Waals surface area contributed by atoms with Gasteiger partial charge in [-0.05, 0) is 37.4 Å². The Bertz CT molecular complexity index is 735. The number of benzene rings is 2. The first kappa shape index (κ1) is 20.1. The maximum Gasteiger partial charge on any atom is 0.416 e. The van der Waals surface area contributed by atoms with Gasteiger partial charge in [-0.3, -0.25) is 0 Å². The standard InChI is InChI=1S/C18H17ClF3NO3/c1-23-9-10-25-17(24)16(12-5-7-14(19)8-6-12)26-15-4-2-3-13(11-15)18(20,21)22/h2-8,11,16,23H,9-10H2,1H3/t16-/m1/s1. The van der Waals surface area contributed by atoms with Crippen molar-refractivity contribution in [1.82, 2.24) is 5.32 Å². The van der Waals surface area contributed by atoms with Crippen molar-refractivity contribution in [3.05, 3.63) is 64.7 Å². The lowest BCUT2D eigenvalue weighted by Crippen LogP contribution is -2.25. The van der Waals surface area contributed by atoms with E-state index in [1.54, 1.807) is 31.3 Å². The number of hydrogen-bond donors (Lipinski definition) is 1. The van der Waals surface area contributed by atoms with Gasteiger partial charge in [-0.2, -0.15) is 13.2 Å². The van der Waals surface area contributed by atoms with Crippen molar-refractivity contribution in [3.63, 3.8) is 0 Å². The summed E-state index contributed by atoms with van der Waals surface area (Å²) < 4.78 is 49.3. The van der Waals surface area contributed by atoms with Gasteiger partial charge in [-0.25, -0.2) is 4.79 Å². The van der Waals surface area contributed by atoms with E-state index in [1.165, 1.54) is 12.1 Å². The maximum absolute atomic E-state index is 12.9. The summed E-state index contributed by atoms with van der Waals surface area (Å²) in [5.74, 6) is -0.801. The number of carbonyl (C=O) groups is 1. The lowest BCUT2D eigenvalue weighted by molar-refractivity contribution is -0.152. The zero-order valence-corrected chi connectivity index (χ0v) is 14.6. The molecule has 0 aliphatic rings. The SMILES string of the molecule is CNCCOC(=O)[C@H](Oc1cccc(C(F)(F)F)c1)c1ccc(Cl)cc1. The van der Waals surface area contributed by atoms with Crippen molar-refractivity contribution < 1.29 is 27.4 Å². The van der Waals surface area contributed by atoms with E-state index in [1.807, 2.05) is 0 Å². The molecule has 0 radical (unpaired) electrons. The number of halogens is 4. The molecule has 0 saturated heterocycles. The van der Waals surface area contributed by atoms with Crippen LogP contribution in [0.3, 0.4) is 0 Å². The Morgan fingerprint density at radius 3 is 2.50 bits per heavy atom. The topological polar surface area (TPSA) is 47.6 Å². The molecule has 0 amide bonds. The average molecular weight is 388 g/mol. The smallest absolute Gasteiger partial charge is 0.416 e. The Kier molecular flexibility index (Phi) is 6.88. The van der Waals surface area contributed by atoms with E-state index in [2.05, 4.69) is 5.32 Å². The molecule has 0 fully saturated rings. The molecule has 2 aromatic carbocycles. The minimum Gasteiger partial charge on any atom is -0.474 e. The fourth-order valence-electron chi connectivity index (χ4n) is 2.10. The number of rotatable bonds is 7. The number of likely N-dealkylation sites (N-methyl/N-ethyl adjacent to an activating group) is 1. The fraction of sp³-hybridized carbons (Fsp3) is 0.278. The average Bonchev–Trinajstić information content (AvgIpc) is 2.60. The number of hydrogen-bond acceptors (Lipinski definition) is 4. The molecule has 4 nitrogen and oxygen atoms in total. The Hall–Kier alpha value is -2.25. The molecular weight excluding hydrogens is 371 g/mol. The zero-order chi connectivity index (χ0) is 19.2. The van der Waals surface area contributed by atoms with Crippen molar-refractivity contribution in [2.45, 2.75) is 12.3 Å². The van der Waals surface area contributed by atoms with Gasteiger partial charge in [0.15, 0.2) is 0 Å². The van der Waals surface area contributed by atoms with Gasteiger partial charge in [0.2, 0.25) is 6.10 Å². The minimum atomic E-state index is -4.51. The molecule has 0 aliphatic carbocycles. The van der Waals surface area contributed by atoms with Crippen LogP contribution in [0.2, 0.25) is 5.02 Å². The normalized spacial score (nSPS) is 12.5. The number of carbonyl (C=O) groups excluding carboxylic acids is 1. The first-order chi connectivity index (χ1) is 12.3. The Balaban J connectivity index is 2.26. The van der Waals surface area contributed by atoms with Gasteiger partial charge in [0, 0.05) is 17.1 Å². The molecule has 26 heavy (non-hydrogen) atoms. The maximum atomic E-state index is 12.9. The Morgan fingerprint density at radius 1 is 1.19 bits per heavy atom. The minimum absolute atomic E-state index is 0.0923. The highest BCUT2D eigenvalue weighted by molar-refractivity contribution is 6.30. The van der Waals surface area contributed by atoms with E-state index in [4.69, 9.17) is 21.1 Å². The van der Waals surface area contributed by atoms with Crippen LogP contribution in [0.5, 0.6) is 5.75 Å². The third-order valence-corrected chi connectivity index (χ3v) is 3.65. The molecule has 1 atom stereocenters. The summed E-state index contributed by atoms with van der Waals surface area (Å²) >= 11 is 5.84. The predicted octanol–water partition coefficient (Wildman–Crippen LogP) is 4.24. The molecule has 0 aliphatic heterocycles. The molecule has 2 aromatic rings. The van der Waals surface area contributed by atoms with Gasteiger partial charge < -0.3 is 14.8 Å².